The van der Waals surface area contributed by atoms with Gasteiger partial charge < -0.3 is 19.1 Å². The first kappa shape index (κ1) is 13.9. The Labute approximate surface area is 139 Å². The molecule has 1 saturated carbocycles. The molecule has 124 valence electrons. The Balaban J connectivity index is 1.57. The van der Waals surface area contributed by atoms with E-state index in [1.54, 1.807) is 0 Å². The molecule has 6 heteroatoms. The Morgan fingerprint density at radius 2 is 1.83 bits per heavy atom. The second-order valence-electron chi connectivity index (χ2n) is 6.60. The molecule has 3 heterocycles. The minimum absolute atomic E-state index is 0.0538. The number of carbonyl (C=O) groups excluding carboxylic acids is 1. The monoisotopic (exact) mass is 326 g/mol. The average Bonchev–Trinajstić information content (AvgIpc) is 3.23. The summed E-state index contributed by atoms with van der Waals surface area (Å²) in [5.74, 6) is 2.04. The van der Waals surface area contributed by atoms with Gasteiger partial charge in [0, 0.05) is 23.1 Å². The number of carbonyl (C=O) groups is 1. The number of benzene rings is 1. The van der Waals surface area contributed by atoms with Gasteiger partial charge in [0.25, 0.3) is 5.91 Å². The molecule has 0 saturated heterocycles. The molecule has 6 nitrogen and oxygen atoms in total. The fraction of sp³-hybridized carbons (Fsp3) is 0.444. The van der Waals surface area contributed by atoms with E-state index in [2.05, 4.69) is 11.1 Å². The minimum Gasteiger partial charge on any atom is -0.467 e. The average molecular weight is 326 g/mol. The first-order chi connectivity index (χ1) is 11.8. The second-order valence-corrected chi connectivity index (χ2v) is 6.60. The van der Waals surface area contributed by atoms with E-state index < -0.39 is 0 Å². The van der Waals surface area contributed by atoms with E-state index >= 15 is 0 Å². The van der Waals surface area contributed by atoms with Crippen molar-refractivity contribution >= 4 is 16.8 Å². The van der Waals surface area contributed by atoms with Crippen molar-refractivity contribution in [2.24, 2.45) is 0 Å². The van der Waals surface area contributed by atoms with Crippen molar-refractivity contribution in [3.05, 3.63) is 23.8 Å². The summed E-state index contributed by atoms with van der Waals surface area (Å²) >= 11 is 0. The van der Waals surface area contributed by atoms with E-state index in [9.17, 15) is 4.79 Å². The summed E-state index contributed by atoms with van der Waals surface area (Å²) in [5.41, 5.74) is 1.75. The maximum atomic E-state index is 12.5. The summed E-state index contributed by atoms with van der Waals surface area (Å²) in [6.07, 6.45) is 4.56. The van der Waals surface area contributed by atoms with Crippen molar-refractivity contribution in [1.29, 1.82) is 0 Å². The van der Waals surface area contributed by atoms with Crippen LogP contribution in [0.25, 0.3) is 10.9 Å². The highest BCUT2D eigenvalue weighted by Gasteiger charge is 2.30. The largest absolute Gasteiger partial charge is 0.467 e. The Kier molecular flexibility index (Phi) is 3.04. The van der Waals surface area contributed by atoms with Crippen LogP contribution in [0.15, 0.2) is 18.2 Å². The second kappa shape index (κ2) is 5.26. The smallest absolute Gasteiger partial charge is 0.261 e. The standard InChI is InChI=1S/C18H18N2O4/c21-17-9-22-18-12(8-20(17)13-3-1-2-4-13)5-11-6-15-16(24-10-23-15)7-14(11)19-18/h5-7,13H,1-4,8-10H2. The summed E-state index contributed by atoms with van der Waals surface area (Å²) in [5, 5.41) is 0.974. The van der Waals surface area contributed by atoms with Crippen LogP contribution in [0, 0.1) is 0 Å². The zero-order valence-corrected chi connectivity index (χ0v) is 13.3. The topological polar surface area (TPSA) is 60.9 Å². The number of rotatable bonds is 1. The zero-order chi connectivity index (χ0) is 16.1. The predicted octanol–water partition coefficient (Wildman–Crippen LogP) is 2.63. The number of amides is 1. The summed E-state index contributed by atoms with van der Waals surface area (Å²) < 4.78 is 16.6. The van der Waals surface area contributed by atoms with Crippen LogP contribution in [0.1, 0.15) is 31.2 Å². The molecule has 0 bridgehead atoms. The Morgan fingerprint density at radius 1 is 1.04 bits per heavy atom. The Hall–Kier alpha value is -2.50. The summed E-state index contributed by atoms with van der Waals surface area (Å²) in [7, 11) is 0. The van der Waals surface area contributed by atoms with Crippen molar-refractivity contribution in [3.63, 3.8) is 0 Å². The maximum Gasteiger partial charge on any atom is 0.261 e. The van der Waals surface area contributed by atoms with Gasteiger partial charge in [-0.1, -0.05) is 12.8 Å². The third kappa shape index (κ3) is 2.17. The van der Waals surface area contributed by atoms with Gasteiger partial charge in [-0.3, -0.25) is 4.79 Å². The number of fused-ring (bicyclic) bond motifs is 3. The van der Waals surface area contributed by atoms with Gasteiger partial charge in [-0.25, -0.2) is 4.98 Å². The highest BCUT2D eigenvalue weighted by molar-refractivity contribution is 5.85. The SMILES string of the molecule is O=C1COc2nc3cc4c(cc3cc2CN1C1CCCC1)OCO4. The van der Waals surface area contributed by atoms with Gasteiger partial charge in [-0.15, -0.1) is 0 Å². The zero-order valence-electron chi connectivity index (χ0n) is 13.3. The normalized spacial score (nSPS) is 20.2. The van der Waals surface area contributed by atoms with Gasteiger partial charge in [0.15, 0.2) is 18.1 Å². The van der Waals surface area contributed by atoms with Crippen LogP contribution in [0.3, 0.4) is 0 Å². The molecule has 24 heavy (non-hydrogen) atoms. The lowest BCUT2D eigenvalue weighted by Gasteiger charge is -2.26. The van der Waals surface area contributed by atoms with E-state index in [1.807, 2.05) is 17.0 Å². The maximum absolute atomic E-state index is 12.5. The molecule has 0 atom stereocenters. The molecule has 2 aromatic rings. The number of nitrogens with zero attached hydrogens (tertiary/aromatic N) is 2. The first-order valence-corrected chi connectivity index (χ1v) is 8.43. The van der Waals surface area contributed by atoms with Crippen molar-refractivity contribution in [3.8, 4) is 17.4 Å². The summed E-state index contributed by atoms with van der Waals surface area (Å²) in [6.45, 7) is 0.870. The number of pyridine rings is 1. The van der Waals surface area contributed by atoms with Gasteiger partial charge in [0.2, 0.25) is 12.7 Å². The van der Waals surface area contributed by atoms with Gasteiger partial charge in [-0.2, -0.15) is 0 Å². The van der Waals surface area contributed by atoms with Crippen LogP contribution in [0.2, 0.25) is 0 Å². The number of ether oxygens (including phenoxy) is 3. The predicted molar refractivity (Wildman–Crippen MR) is 86.2 cm³/mol. The quantitative estimate of drug-likeness (QED) is 0.806. The Morgan fingerprint density at radius 3 is 2.67 bits per heavy atom. The molecule has 5 rings (SSSR count). The van der Waals surface area contributed by atoms with Crippen LogP contribution in [0.4, 0.5) is 0 Å². The molecule has 1 fully saturated rings. The lowest BCUT2D eigenvalue weighted by atomic mass is 10.1. The van der Waals surface area contributed by atoms with Gasteiger partial charge in [0.05, 0.1) is 12.1 Å². The van der Waals surface area contributed by atoms with Crippen LogP contribution < -0.4 is 14.2 Å². The Bertz CT molecular complexity index is 829. The van der Waals surface area contributed by atoms with Gasteiger partial charge >= 0.3 is 0 Å². The van der Waals surface area contributed by atoms with Crippen molar-refractivity contribution in [2.75, 3.05) is 13.4 Å². The van der Waals surface area contributed by atoms with Crippen molar-refractivity contribution in [1.82, 2.24) is 9.88 Å². The molecule has 0 spiro atoms. The van der Waals surface area contributed by atoms with Crippen LogP contribution in [-0.2, 0) is 11.3 Å². The molecule has 1 amide bonds. The number of hydrogen-bond donors (Lipinski definition) is 0. The molecule has 2 aliphatic heterocycles. The molecule has 0 unspecified atom stereocenters. The fourth-order valence-corrected chi connectivity index (χ4v) is 3.86. The van der Waals surface area contributed by atoms with Crippen LogP contribution >= 0.6 is 0 Å². The van der Waals surface area contributed by atoms with Gasteiger partial charge in [-0.05, 0) is 25.0 Å². The number of aromatic nitrogens is 1. The molecule has 1 aliphatic carbocycles. The van der Waals surface area contributed by atoms with Crippen molar-refractivity contribution < 1.29 is 19.0 Å². The van der Waals surface area contributed by atoms with E-state index in [1.165, 1.54) is 12.8 Å². The molecule has 1 aromatic heterocycles. The minimum atomic E-state index is 0.0538. The molecule has 0 radical (unpaired) electrons. The van der Waals surface area contributed by atoms with E-state index in [0.717, 1.165) is 35.1 Å². The summed E-state index contributed by atoms with van der Waals surface area (Å²) in [4.78, 5) is 19.0. The van der Waals surface area contributed by atoms with Crippen LogP contribution in [-0.4, -0.2) is 35.2 Å². The number of hydrogen-bond acceptors (Lipinski definition) is 5. The van der Waals surface area contributed by atoms with E-state index in [-0.39, 0.29) is 19.3 Å². The van der Waals surface area contributed by atoms with Crippen molar-refractivity contribution in [2.45, 2.75) is 38.3 Å². The fourth-order valence-electron chi connectivity index (χ4n) is 3.86. The highest BCUT2D eigenvalue weighted by Crippen LogP contribution is 2.38. The molecular formula is C18H18N2O4. The first-order valence-electron chi connectivity index (χ1n) is 8.43. The van der Waals surface area contributed by atoms with Gasteiger partial charge in [0.1, 0.15) is 0 Å². The van der Waals surface area contributed by atoms with Crippen LogP contribution in [0.5, 0.6) is 17.4 Å². The molecule has 1 aromatic carbocycles. The molecular weight excluding hydrogens is 308 g/mol. The third-order valence-electron chi connectivity index (χ3n) is 5.11. The van der Waals surface area contributed by atoms with E-state index in [0.29, 0.717) is 24.2 Å². The lowest BCUT2D eigenvalue weighted by Crippen LogP contribution is -2.39. The summed E-state index contributed by atoms with van der Waals surface area (Å²) in [6, 6.07) is 6.19. The third-order valence-corrected chi connectivity index (χ3v) is 5.11. The molecule has 0 N–H and O–H groups in total. The van der Waals surface area contributed by atoms with E-state index in [4.69, 9.17) is 14.2 Å². The lowest BCUT2D eigenvalue weighted by molar-refractivity contribution is -0.135. The molecule has 3 aliphatic rings. The highest BCUT2D eigenvalue weighted by atomic mass is 16.7.